The lowest BCUT2D eigenvalue weighted by atomic mass is 10.2. The lowest BCUT2D eigenvalue weighted by Gasteiger charge is -2.14. The zero-order valence-electron chi connectivity index (χ0n) is 13.3. The number of benzene rings is 2. The summed E-state index contributed by atoms with van der Waals surface area (Å²) in [5, 5.41) is 10.5. The van der Waals surface area contributed by atoms with E-state index >= 15 is 0 Å². The van der Waals surface area contributed by atoms with Crippen LogP contribution in [0.25, 0.3) is 11.0 Å². The summed E-state index contributed by atoms with van der Waals surface area (Å²) in [6.07, 6.45) is -5.55. The van der Waals surface area contributed by atoms with Crippen LogP contribution < -0.4 is 10.2 Å². The number of aromatic nitrogens is 3. The molecule has 0 fully saturated rings. The third-order valence-electron chi connectivity index (χ3n) is 3.48. The minimum atomic E-state index is -4.51. The molecule has 1 atom stereocenters. The number of carbonyl (C=O) groups is 1. The third-order valence-corrected chi connectivity index (χ3v) is 3.73. The second-order valence-electron chi connectivity index (χ2n) is 5.41. The quantitative estimate of drug-likeness (QED) is 0.746. The molecule has 0 saturated carbocycles. The van der Waals surface area contributed by atoms with Crippen LogP contribution in [0.2, 0.25) is 5.02 Å². The Morgan fingerprint density at radius 3 is 2.58 bits per heavy atom. The number of hydrogen-bond donors (Lipinski definition) is 1. The third kappa shape index (κ3) is 3.88. The van der Waals surface area contributed by atoms with E-state index in [1.165, 1.54) is 13.0 Å². The van der Waals surface area contributed by atoms with Crippen LogP contribution in [0.1, 0.15) is 12.5 Å². The van der Waals surface area contributed by atoms with E-state index in [1.54, 1.807) is 24.3 Å². The molecular formula is C16H12ClF3N4O2. The maximum absolute atomic E-state index is 12.9. The van der Waals surface area contributed by atoms with Crippen molar-refractivity contribution in [1.29, 1.82) is 0 Å². The van der Waals surface area contributed by atoms with Gasteiger partial charge in [0.1, 0.15) is 11.0 Å². The predicted octanol–water partition coefficient (Wildman–Crippen LogP) is 3.56. The average Bonchev–Trinajstić information content (AvgIpc) is 2.98. The fourth-order valence-electron chi connectivity index (χ4n) is 2.13. The van der Waals surface area contributed by atoms with Gasteiger partial charge in [-0.3, -0.25) is 4.79 Å². The topological polar surface area (TPSA) is 69.0 Å². The summed E-state index contributed by atoms with van der Waals surface area (Å²) in [6, 6.07) is 9.36. The zero-order valence-corrected chi connectivity index (χ0v) is 14.0. The smallest absolute Gasteiger partial charge is 0.382 e. The van der Waals surface area contributed by atoms with Gasteiger partial charge >= 0.3 is 6.18 Å². The average molecular weight is 385 g/mol. The molecule has 0 aliphatic carbocycles. The lowest BCUT2D eigenvalue weighted by molar-refractivity contribution is -0.137. The van der Waals surface area contributed by atoms with Gasteiger partial charge in [0.2, 0.25) is 6.10 Å². The highest BCUT2D eigenvalue weighted by Crippen LogP contribution is 2.30. The van der Waals surface area contributed by atoms with Crippen molar-refractivity contribution in [2.45, 2.75) is 19.2 Å². The Bertz CT molecular complexity index is 941. The van der Waals surface area contributed by atoms with Gasteiger partial charge < -0.3 is 10.2 Å². The van der Waals surface area contributed by atoms with Crippen molar-refractivity contribution in [2.75, 3.05) is 5.32 Å². The monoisotopic (exact) mass is 384 g/mol. The van der Waals surface area contributed by atoms with Crippen molar-refractivity contribution in [3.63, 3.8) is 0 Å². The molecule has 3 rings (SSSR count). The van der Waals surface area contributed by atoms with E-state index in [0.717, 1.165) is 17.0 Å². The summed E-state index contributed by atoms with van der Waals surface area (Å²) in [5.41, 5.74) is -0.151. The molecule has 10 heteroatoms. The van der Waals surface area contributed by atoms with Crippen molar-refractivity contribution >= 4 is 34.2 Å². The van der Waals surface area contributed by atoms with Gasteiger partial charge in [-0.1, -0.05) is 16.4 Å². The number of amides is 1. The van der Waals surface area contributed by atoms with E-state index in [2.05, 4.69) is 15.6 Å². The summed E-state index contributed by atoms with van der Waals surface area (Å²) >= 11 is 5.77. The van der Waals surface area contributed by atoms with E-state index < -0.39 is 23.8 Å². The summed E-state index contributed by atoms with van der Waals surface area (Å²) in [5.74, 6) is -0.511. The van der Waals surface area contributed by atoms with Crippen LogP contribution in [0, 0.1) is 0 Å². The van der Waals surface area contributed by atoms with Gasteiger partial charge in [0.25, 0.3) is 5.91 Å². The standard InChI is InChI=1S/C16H12ClF3N4O2/c1-9(15(25)21-12-5-3-11(17)4-6-12)26-24-14-8-10(16(18,19)20)2-7-13(14)22-23-24/h2-9H,1H3,(H,21,25)/t9-/m1/s1. The molecule has 6 nitrogen and oxygen atoms in total. The van der Waals surface area contributed by atoms with Crippen molar-refractivity contribution in [3.05, 3.63) is 53.1 Å². The van der Waals surface area contributed by atoms with E-state index in [0.29, 0.717) is 10.7 Å². The van der Waals surface area contributed by atoms with Gasteiger partial charge in [-0.2, -0.15) is 13.2 Å². The highest BCUT2D eigenvalue weighted by molar-refractivity contribution is 6.30. The molecule has 1 aromatic heterocycles. The Morgan fingerprint density at radius 1 is 1.23 bits per heavy atom. The molecule has 0 unspecified atom stereocenters. The number of fused-ring (bicyclic) bond motifs is 1. The molecular weight excluding hydrogens is 373 g/mol. The molecule has 1 amide bonds. The van der Waals surface area contributed by atoms with Gasteiger partial charge in [0.05, 0.1) is 5.56 Å². The number of nitrogens with one attached hydrogen (secondary N) is 1. The number of rotatable bonds is 4. The first-order valence-electron chi connectivity index (χ1n) is 7.40. The van der Waals surface area contributed by atoms with E-state index in [9.17, 15) is 18.0 Å². The first-order valence-corrected chi connectivity index (χ1v) is 7.78. The molecule has 26 heavy (non-hydrogen) atoms. The van der Waals surface area contributed by atoms with E-state index in [-0.39, 0.29) is 11.0 Å². The Hall–Kier alpha value is -2.81. The van der Waals surface area contributed by atoms with E-state index in [4.69, 9.17) is 16.4 Å². The Morgan fingerprint density at radius 2 is 1.92 bits per heavy atom. The Balaban J connectivity index is 1.77. The predicted molar refractivity (Wildman–Crippen MR) is 88.7 cm³/mol. The van der Waals surface area contributed by atoms with Crippen molar-refractivity contribution in [3.8, 4) is 0 Å². The maximum Gasteiger partial charge on any atom is 0.416 e. The molecule has 0 aliphatic rings. The molecule has 0 spiro atoms. The summed E-state index contributed by atoms with van der Waals surface area (Å²) in [6.45, 7) is 1.44. The Kier molecular flexibility index (Phi) is 4.73. The summed E-state index contributed by atoms with van der Waals surface area (Å²) in [7, 11) is 0. The van der Waals surface area contributed by atoms with Crippen LogP contribution in [0.4, 0.5) is 18.9 Å². The second-order valence-corrected chi connectivity index (χ2v) is 5.84. The molecule has 1 N–H and O–H groups in total. The van der Waals surface area contributed by atoms with Crippen LogP contribution >= 0.6 is 11.6 Å². The fraction of sp³-hybridized carbons (Fsp3) is 0.188. The van der Waals surface area contributed by atoms with Crippen LogP contribution in [0.5, 0.6) is 0 Å². The molecule has 2 aromatic carbocycles. The zero-order chi connectivity index (χ0) is 18.9. The highest BCUT2D eigenvalue weighted by Gasteiger charge is 2.31. The SMILES string of the molecule is C[C@@H](On1nnc2ccc(C(F)(F)F)cc21)C(=O)Nc1ccc(Cl)cc1. The summed E-state index contributed by atoms with van der Waals surface area (Å²) < 4.78 is 38.6. The lowest BCUT2D eigenvalue weighted by Crippen LogP contribution is -2.35. The van der Waals surface area contributed by atoms with Crippen molar-refractivity contribution in [1.82, 2.24) is 15.2 Å². The van der Waals surface area contributed by atoms with Crippen molar-refractivity contribution < 1.29 is 22.8 Å². The summed E-state index contributed by atoms with van der Waals surface area (Å²) in [4.78, 5) is 18.3. The molecule has 136 valence electrons. The number of nitrogens with zero attached hydrogens (tertiary/aromatic N) is 3. The van der Waals surface area contributed by atoms with E-state index in [1.807, 2.05) is 0 Å². The van der Waals surface area contributed by atoms with Crippen LogP contribution in [-0.2, 0) is 11.0 Å². The van der Waals surface area contributed by atoms with Gasteiger partial charge in [0.15, 0.2) is 0 Å². The first-order chi connectivity index (χ1) is 12.2. The minimum absolute atomic E-state index is 0.00553. The minimum Gasteiger partial charge on any atom is -0.382 e. The largest absolute Gasteiger partial charge is 0.416 e. The van der Waals surface area contributed by atoms with Crippen molar-refractivity contribution in [2.24, 2.45) is 0 Å². The normalized spacial score (nSPS) is 12.8. The van der Waals surface area contributed by atoms with Crippen LogP contribution in [0.3, 0.4) is 0 Å². The molecule has 1 heterocycles. The van der Waals surface area contributed by atoms with Gasteiger partial charge in [-0.25, -0.2) is 0 Å². The van der Waals surface area contributed by atoms with Gasteiger partial charge in [0, 0.05) is 10.7 Å². The molecule has 0 bridgehead atoms. The molecule has 0 aliphatic heterocycles. The number of halogens is 4. The maximum atomic E-state index is 12.9. The van der Waals surface area contributed by atoms with Gasteiger partial charge in [-0.05, 0) is 54.6 Å². The number of carbonyl (C=O) groups excluding carboxylic acids is 1. The molecule has 0 radical (unpaired) electrons. The number of anilines is 1. The number of alkyl halides is 3. The number of hydrogen-bond acceptors (Lipinski definition) is 4. The molecule has 0 saturated heterocycles. The van der Waals surface area contributed by atoms with Gasteiger partial charge in [-0.15, -0.1) is 5.10 Å². The molecule has 3 aromatic rings. The first kappa shape index (κ1) is 18.0. The second kappa shape index (κ2) is 6.83. The van der Waals surface area contributed by atoms with Crippen LogP contribution in [0.15, 0.2) is 42.5 Å². The van der Waals surface area contributed by atoms with Crippen LogP contribution in [-0.4, -0.2) is 27.2 Å². The fourth-order valence-corrected chi connectivity index (χ4v) is 2.25. The Labute approximate surface area is 150 Å². The highest BCUT2D eigenvalue weighted by atomic mass is 35.5.